The van der Waals surface area contributed by atoms with Gasteiger partial charge < -0.3 is 23.8 Å². The molecule has 2 unspecified atom stereocenters. The van der Waals surface area contributed by atoms with Crippen LogP contribution in [0.4, 0.5) is 0 Å². The Morgan fingerprint density at radius 3 is 1.25 bits per heavy atom. The molecule has 0 heterocycles. The highest BCUT2D eigenvalue weighted by Crippen LogP contribution is 2.16. The number of ether oxygens (including phenoxy) is 3. The number of allylic oxidation sites excluding steroid dienone is 10. The van der Waals surface area contributed by atoms with Crippen molar-refractivity contribution >= 4 is 17.9 Å². The van der Waals surface area contributed by atoms with Gasteiger partial charge in [0.15, 0.2) is 12.1 Å². The highest BCUT2D eigenvalue weighted by atomic mass is 16.6. The van der Waals surface area contributed by atoms with Gasteiger partial charge in [0, 0.05) is 19.3 Å². The van der Waals surface area contributed by atoms with Gasteiger partial charge >= 0.3 is 17.9 Å². The number of carboxylic acid groups (broad SMARTS) is 1. The van der Waals surface area contributed by atoms with Crippen molar-refractivity contribution in [3.8, 4) is 0 Å². The number of aliphatic carboxylic acids is 1. The van der Waals surface area contributed by atoms with Gasteiger partial charge in [0.05, 0.1) is 34.4 Å². The summed E-state index contributed by atoms with van der Waals surface area (Å²) in [6, 6.07) is -0.619. The van der Waals surface area contributed by atoms with Crippen LogP contribution in [0.25, 0.3) is 0 Å². The minimum atomic E-state index is -0.876. The number of quaternary nitrogens is 1. The molecule has 67 heavy (non-hydrogen) atoms. The first-order valence-corrected chi connectivity index (χ1v) is 27.8. The van der Waals surface area contributed by atoms with E-state index in [1.54, 1.807) is 0 Å². The Hall–Kier alpha value is -2.97. The smallest absolute Gasteiger partial charge is 0.362 e. The Balaban J connectivity index is 4.21. The Labute approximate surface area is 413 Å². The predicted octanol–water partition coefficient (Wildman–Crippen LogP) is 16.5. The van der Waals surface area contributed by atoms with E-state index in [2.05, 4.69) is 74.6 Å². The fourth-order valence-corrected chi connectivity index (χ4v) is 8.14. The van der Waals surface area contributed by atoms with Crippen LogP contribution in [0.15, 0.2) is 60.8 Å². The zero-order chi connectivity index (χ0) is 49.2. The van der Waals surface area contributed by atoms with E-state index in [0.29, 0.717) is 19.3 Å². The van der Waals surface area contributed by atoms with Crippen molar-refractivity contribution in [2.75, 3.05) is 41.0 Å². The zero-order valence-electron chi connectivity index (χ0n) is 44.3. The highest BCUT2D eigenvalue weighted by Gasteiger charge is 2.31. The Morgan fingerprint density at radius 2 is 0.836 bits per heavy atom. The van der Waals surface area contributed by atoms with Gasteiger partial charge in [-0.1, -0.05) is 209 Å². The minimum absolute atomic E-state index is 0.0561. The van der Waals surface area contributed by atoms with Crippen molar-refractivity contribution in [2.24, 2.45) is 0 Å². The van der Waals surface area contributed by atoms with Crippen molar-refractivity contribution < 1.29 is 38.2 Å². The zero-order valence-corrected chi connectivity index (χ0v) is 44.3. The minimum Gasteiger partial charge on any atom is -0.477 e. The van der Waals surface area contributed by atoms with Gasteiger partial charge in [-0.05, 0) is 77.0 Å². The molecule has 0 aromatic rings. The van der Waals surface area contributed by atoms with Crippen molar-refractivity contribution in [1.82, 2.24) is 0 Å². The van der Waals surface area contributed by atoms with Gasteiger partial charge in [0.25, 0.3) is 0 Å². The first-order valence-electron chi connectivity index (χ1n) is 27.8. The first-order chi connectivity index (χ1) is 32.6. The van der Waals surface area contributed by atoms with Crippen LogP contribution < -0.4 is 0 Å². The second-order valence-corrected chi connectivity index (χ2v) is 19.8. The maximum atomic E-state index is 12.8. The lowest BCUT2D eigenvalue weighted by Crippen LogP contribution is -2.50. The van der Waals surface area contributed by atoms with E-state index in [0.717, 1.165) is 70.6 Å². The molecule has 0 spiro atoms. The number of hydrogen-bond donors (Lipinski definition) is 1. The van der Waals surface area contributed by atoms with Gasteiger partial charge in [-0.15, -0.1) is 0 Å². The van der Waals surface area contributed by atoms with Gasteiger partial charge in [-0.25, -0.2) is 4.79 Å². The lowest BCUT2D eigenvalue weighted by molar-refractivity contribution is -0.887. The van der Waals surface area contributed by atoms with Crippen LogP contribution in [0, 0.1) is 0 Å². The van der Waals surface area contributed by atoms with Crippen molar-refractivity contribution in [2.45, 2.75) is 257 Å². The second kappa shape index (κ2) is 49.5. The van der Waals surface area contributed by atoms with Crippen LogP contribution in [-0.4, -0.2) is 80.6 Å². The van der Waals surface area contributed by atoms with Crippen molar-refractivity contribution in [3.63, 3.8) is 0 Å². The van der Waals surface area contributed by atoms with Crippen LogP contribution in [0.1, 0.15) is 245 Å². The van der Waals surface area contributed by atoms with Crippen molar-refractivity contribution in [1.29, 1.82) is 0 Å². The molecule has 0 radical (unpaired) electrons. The topological polar surface area (TPSA) is 99.1 Å². The molecule has 0 saturated carbocycles. The van der Waals surface area contributed by atoms with Crippen LogP contribution in [0.3, 0.4) is 0 Å². The fraction of sp³-hybridized carbons (Fsp3) is 0.780. The highest BCUT2D eigenvalue weighted by molar-refractivity contribution is 5.72. The molecule has 0 bridgehead atoms. The number of nitrogens with zero attached hydrogens (tertiary/aromatic N) is 1. The number of carbonyl (C=O) groups excluding carboxylic acids is 2. The molecule has 0 aromatic heterocycles. The monoisotopic (exact) mass is 941 g/mol. The lowest BCUT2D eigenvalue weighted by atomic mass is 10.1. The summed E-state index contributed by atoms with van der Waals surface area (Å²) < 4.78 is 17.4. The number of carbonyl (C=O) groups is 3. The van der Waals surface area contributed by atoms with E-state index in [4.69, 9.17) is 14.2 Å². The molecule has 0 rings (SSSR count). The number of unbranched alkanes of at least 4 members (excludes halogenated alkanes) is 26. The predicted molar refractivity (Wildman–Crippen MR) is 284 cm³/mol. The maximum absolute atomic E-state index is 12.8. The second-order valence-electron chi connectivity index (χ2n) is 19.8. The maximum Gasteiger partial charge on any atom is 0.362 e. The van der Waals surface area contributed by atoms with Gasteiger partial charge in [-0.2, -0.15) is 0 Å². The van der Waals surface area contributed by atoms with E-state index in [-0.39, 0.29) is 36.2 Å². The van der Waals surface area contributed by atoms with Crippen LogP contribution in [-0.2, 0) is 28.6 Å². The lowest BCUT2D eigenvalue weighted by Gasteiger charge is -2.31. The molecule has 2 atom stereocenters. The summed E-state index contributed by atoms with van der Waals surface area (Å²) in [5.74, 6) is -1.47. The third-order valence-corrected chi connectivity index (χ3v) is 12.4. The summed E-state index contributed by atoms with van der Waals surface area (Å²) in [6.07, 6.45) is 62.8. The molecule has 0 aromatic carbocycles. The summed E-state index contributed by atoms with van der Waals surface area (Å²) in [5.41, 5.74) is 0. The van der Waals surface area contributed by atoms with E-state index in [1.165, 1.54) is 141 Å². The third kappa shape index (κ3) is 47.9. The third-order valence-electron chi connectivity index (χ3n) is 12.4. The van der Waals surface area contributed by atoms with Crippen LogP contribution >= 0.6 is 0 Å². The first kappa shape index (κ1) is 64.0. The molecule has 0 aliphatic rings. The normalized spacial score (nSPS) is 13.3. The molecule has 0 saturated heterocycles. The molecule has 1 N–H and O–H groups in total. The molecule has 0 amide bonds. The number of rotatable bonds is 50. The SMILES string of the molecule is CC/C=C/C/C=C/C/C=C/C/C=C/CCCCCCCCCCCC(=O)OC(COCCC(C(=O)O)[N+](C)(C)C)COC(=O)CCCCCCCCC/C=C/CCCCCCCCCCCC. The average Bonchev–Trinajstić information content (AvgIpc) is 3.29. The number of hydrogen-bond acceptors (Lipinski definition) is 6. The van der Waals surface area contributed by atoms with E-state index in [1.807, 2.05) is 21.1 Å². The molecule has 388 valence electrons. The number of carboxylic acids is 1. The van der Waals surface area contributed by atoms with E-state index >= 15 is 0 Å². The largest absolute Gasteiger partial charge is 0.477 e. The summed E-state index contributed by atoms with van der Waals surface area (Å²) in [6.45, 7) is 4.64. The van der Waals surface area contributed by atoms with Crippen molar-refractivity contribution in [3.05, 3.63) is 60.8 Å². The fourth-order valence-electron chi connectivity index (χ4n) is 8.14. The van der Waals surface area contributed by atoms with Gasteiger partial charge in [0.1, 0.15) is 6.61 Å². The standard InChI is InChI=1S/C59H105NO7/c1-6-8-10-12-14-16-18-20-22-24-26-28-30-32-34-36-38-40-42-44-46-48-50-58(62)67-55(53-65-52-51-56(59(63)64)60(3,4)5)54-66-57(61)49-47-45-43-41-39-37-35-33-31-29-27-25-23-21-19-17-15-13-11-9-7-2/h8,10,14,16,20,22,26,28-29,31,55-56H,6-7,9,11-13,15,17-19,21,23-25,27,30,32-54H2,1-5H3/p+1/b10-8+,16-14+,22-20+,28-26+,31-29+. The molecule has 8 nitrogen and oxygen atoms in total. The van der Waals surface area contributed by atoms with E-state index in [9.17, 15) is 19.5 Å². The molecule has 0 aliphatic heterocycles. The average molecular weight is 941 g/mol. The molecular formula is C59H106NO7+. The molecule has 0 fully saturated rings. The molecule has 8 heteroatoms. The summed E-state index contributed by atoms with van der Waals surface area (Å²) >= 11 is 0. The van der Waals surface area contributed by atoms with Gasteiger partial charge in [-0.3, -0.25) is 9.59 Å². The summed E-state index contributed by atoms with van der Waals surface area (Å²) in [7, 11) is 5.54. The molecule has 0 aliphatic carbocycles. The number of esters is 2. The Morgan fingerprint density at radius 1 is 0.463 bits per heavy atom. The quantitative estimate of drug-likeness (QED) is 0.0281. The van der Waals surface area contributed by atoms with Crippen LogP contribution in [0.5, 0.6) is 0 Å². The van der Waals surface area contributed by atoms with Gasteiger partial charge in [0.2, 0.25) is 0 Å². The Bertz CT molecular complexity index is 1280. The Kier molecular flexibility index (Phi) is 47.3. The summed E-state index contributed by atoms with van der Waals surface area (Å²) in [5, 5.41) is 9.67. The van der Waals surface area contributed by atoms with Crippen LogP contribution in [0.2, 0.25) is 0 Å². The van der Waals surface area contributed by atoms with E-state index < -0.39 is 18.1 Å². The molecular weight excluding hydrogens is 835 g/mol. The number of likely N-dealkylation sites (N-methyl/N-ethyl adjacent to an activating group) is 1. The summed E-state index contributed by atoms with van der Waals surface area (Å²) in [4.78, 5) is 37.3.